The van der Waals surface area contributed by atoms with Crippen LogP contribution in [0.5, 0.6) is 0 Å². The summed E-state index contributed by atoms with van der Waals surface area (Å²) in [5.41, 5.74) is 12.6. The van der Waals surface area contributed by atoms with Gasteiger partial charge in [0.25, 0.3) is 0 Å². The predicted molar refractivity (Wildman–Crippen MR) is 140 cm³/mol. The number of carbonyl (C=O) groups is 2. The first-order valence-corrected chi connectivity index (χ1v) is 12.6. The number of piperidine rings is 1. The number of hydrogen-bond acceptors (Lipinski definition) is 6. The van der Waals surface area contributed by atoms with Gasteiger partial charge in [0, 0.05) is 42.5 Å². The van der Waals surface area contributed by atoms with Crippen LogP contribution in [-0.4, -0.2) is 58.9 Å². The van der Waals surface area contributed by atoms with Crippen molar-refractivity contribution in [3.05, 3.63) is 69.9 Å². The molecule has 37 heavy (non-hydrogen) atoms. The Labute approximate surface area is 215 Å². The number of nitrogens with zero attached hydrogens (tertiary/aromatic N) is 7. The number of rotatable bonds is 11. The maximum Gasteiger partial charge on any atom is 0.220 e. The number of hydrogen-bond donors (Lipinski definition) is 1. The van der Waals surface area contributed by atoms with Gasteiger partial charge in [0.1, 0.15) is 0 Å². The number of amides is 1. The molecule has 10 heteroatoms. The van der Waals surface area contributed by atoms with Gasteiger partial charge < -0.3 is 9.88 Å². The number of benzene rings is 1. The van der Waals surface area contributed by atoms with Gasteiger partial charge in [-0.1, -0.05) is 11.5 Å². The van der Waals surface area contributed by atoms with Crippen LogP contribution < -0.4 is 5.32 Å². The second kappa shape index (κ2) is 12.7. The Hall–Kier alpha value is -4.19. The third-order valence-electron chi connectivity index (χ3n) is 6.55. The number of ketones is 1. The van der Waals surface area contributed by atoms with E-state index in [9.17, 15) is 9.59 Å². The summed E-state index contributed by atoms with van der Waals surface area (Å²) in [5, 5.41) is 15.5. The van der Waals surface area contributed by atoms with Crippen molar-refractivity contribution < 1.29 is 9.59 Å². The maximum atomic E-state index is 13.3. The van der Waals surface area contributed by atoms with E-state index in [1.54, 1.807) is 18.3 Å². The number of fused-ring (bicyclic) bond motifs is 1. The molecule has 2 aromatic heterocycles. The Balaban J connectivity index is 1.56. The van der Waals surface area contributed by atoms with Crippen LogP contribution in [-0.2, 0) is 11.2 Å². The third-order valence-corrected chi connectivity index (χ3v) is 6.55. The van der Waals surface area contributed by atoms with E-state index in [2.05, 4.69) is 31.3 Å². The number of aromatic nitrogens is 2. The predicted octanol–water partition coefficient (Wildman–Crippen LogP) is 4.31. The highest BCUT2D eigenvalue weighted by Crippen LogP contribution is 2.26. The standard InChI is InChI=1S/C27H30N8O2/c28-16-20-5-8-22(9-6-20)35-18-23(25(36)19-34-13-2-1-3-14-34)27-24(35)15-21(17-31-27)7-10-26(37)30-11-4-12-32-33-29/h5-6,8-9,15,17-18H,1-4,7,10-14,19H2,(H,30,37). The second-order valence-corrected chi connectivity index (χ2v) is 9.20. The van der Waals surface area contributed by atoms with Crippen LogP contribution in [0.15, 0.2) is 47.8 Å². The van der Waals surface area contributed by atoms with E-state index < -0.39 is 0 Å². The van der Waals surface area contributed by atoms with Gasteiger partial charge in [-0.3, -0.25) is 19.5 Å². The first-order chi connectivity index (χ1) is 18.1. The van der Waals surface area contributed by atoms with Crippen molar-refractivity contribution in [2.75, 3.05) is 32.7 Å². The number of carbonyl (C=O) groups excluding carboxylic acids is 2. The minimum Gasteiger partial charge on any atom is -0.356 e. The van der Waals surface area contributed by atoms with Crippen LogP contribution in [0.2, 0.25) is 0 Å². The average molecular weight is 499 g/mol. The second-order valence-electron chi connectivity index (χ2n) is 9.20. The highest BCUT2D eigenvalue weighted by Gasteiger charge is 2.21. The molecular formula is C27H30N8O2. The lowest BCUT2D eigenvalue weighted by molar-refractivity contribution is -0.121. The molecule has 3 aromatic rings. The third kappa shape index (κ3) is 6.73. The van der Waals surface area contributed by atoms with E-state index in [1.165, 1.54) is 6.42 Å². The molecule has 1 aromatic carbocycles. The number of Topliss-reactive ketones (excluding diaryl/α,β-unsaturated/α-hetero) is 1. The van der Waals surface area contributed by atoms with E-state index in [1.807, 2.05) is 29.0 Å². The molecule has 3 heterocycles. The fourth-order valence-electron chi connectivity index (χ4n) is 4.57. The molecule has 1 N–H and O–H groups in total. The summed E-state index contributed by atoms with van der Waals surface area (Å²) < 4.78 is 1.94. The molecular weight excluding hydrogens is 468 g/mol. The zero-order valence-corrected chi connectivity index (χ0v) is 20.8. The summed E-state index contributed by atoms with van der Waals surface area (Å²) in [7, 11) is 0. The highest BCUT2D eigenvalue weighted by molar-refractivity contribution is 6.08. The van der Waals surface area contributed by atoms with E-state index in [-0.39, 0.29) is 11.7 Å². The molecule has 0 unspecified atom stereocenters. The Kier molecular flexibility index (Phi) is 8.87. The zero-order chi connectivity index (χ0) is 26.0. The first-order valence-electron chi connectivity index (χ1n) is 12.6. The van der Waals surface area contributed by atoms with Gasteiger partial charge in [-0.05, 0) is 80.2 Å². The van der Waals surface area contributed by atoms with E-state index >= 15 is 0 Å². The molecule has 0 spiro atoms. The first kappa shape index (κ1) is 25.9. The Bertz CT molecular complexity index is 1340. The Morgan fingerprint density at radius 2 is 1.97 bits per heavy atom. The summed E-state index contributed by atoms with van der Waals surface area (Å²) in [5.74, 6) is -0.0411. The van der Waals surface area contributed by atoms with Crippen molar-refractivity contribution in [2.24, 2.45) is 5.11 Å². The van der Waals surface area contributed by atoms with Crippen LogP contribution in [0.25, 0.3) is 27.2 Å². The molecule has 10 nitrogen and oxygen atoms in total. The van der Waals surface area contributed by atoms with Crippen LogP contribution in [0.1, 0.15) is 53.6 Å². The number of nitrogens with one attached hydrogen (secondary N) is 1. The normalized spacial score (nSPS) is 13.6. The lowest BCUT2D eigenvalue weighted by Gasteiger charge is -2.25. The smallest absolute Gasteiger partial charge is 0.220 e. The van der Waals surface area contributed by atoms with Crippen LogP contribution >= 0.6 is 0 Å². The number of aryl methyl sites for hydroxylation is 1. The van der Waals surface area contributed by atoms with Crippen molar-refractivity contribution >= 4 is 22.7 Å². The fourth-order valence-corrected chi connectivity index (χ4v) is 4.57. The Morgan fingerprint density at radius 3 is 2.70 bits per heavy atom. The van der Waals surface area contributed by atoms with Gasteiger partial charge in [0.2, 0.25) is 5.91 Å². The van der Waals surface area contributed by atoms with Crippen molar-refractivity contribution in [3.8, 4) is 11.8 Å². The summed E-state index contributed by atoms with van der Waals surface area (Å²) >= 11 is 0. The van der Waals surface area contributed by atoms with Crippen molar-refractivity contribution in [1.82, 2.24) is 19.8 Å². The van der Waals surface area contributed by atoms with Gasteiger partial charge in [-0.25, -0.2) is 0 Å². The number of azide groups is 1. The molecule has 1 amide bonds. The average Bonchev–Trinajstić information content (AvgIpc) is 3.31. The monoisotopic (exact) mass is 498 g/mol. The van der Waals surface area contributed by atoms with Crippen LogP contribution in [0.4, 0.5) is 0 Å². The molecule has 0 radical (unpaired) electrons. The van der Waals surface area contributed by atoms with Crippen molar-refractivity contribution in [1.29, 1.82) is 5.26 Å². The van der Waals surface area contributed by atoms with Gasteiger partial charge in [-0.2, -0.15) is 5.26 Å². The molecule has 1 aliphatic heterocycles. The zero-order valence-electron chi connectivity index (χ0n) is 20.8. The van der Waals surface area contributed by atoms with Crippen LogP contribution in [0.3, 0.4) is 0 Å². The topological polar surface area (TPSA) is 140 Å². The summed E-state index contributed by atoms with van der Waals surface area (Å²) in [6.07, 6.45) is 8.40. The quantitative estimate of drug-likeness (QED) is 0.138. The minimum absolute atomic E-state index is 0.0413. The van der Waals surface area contributed by atoms with Crippen LogP contribution in [0, 0.1) is 11.3 Å². The molecule has 0 saturated carbocycles. The van der Waals surface area contributed by atoms with Crippen molar-refractivity contribution in [3.63, 3.8) is 0 Å². The van der Waals surface area contributed by atoms with Gasteiger partial charge in [0.15, 0.2) is 5.78 Å². The number of nitriles is 1. The summed E-state index contributed by atoms with van der Waals surface area (Å²) in [6.45, 7) is 3.05. The molecule has 4 rings (SSSR count). The molecule has 1 saturated heterocycles. The molecule has 190 valence electrons. The highest BCUT2D eigenvalue weighted by atomic mass is 16.1. The Morgan fingerprint density at radius 1 is 1.19 bits per heavy atom. The van der Waals surface area contributed by atoms with Gasteiger partial charge >= 0.3 is 0 Å². The summed E-state index contributed by atoms with van der Waals surface area (Å²) in [4.78, 5) is 35.1. The van der Waals surface area contributed by atoms with Gasteiger partial charge in [0.05, 0.1) is 34.8 Å². The minimum atomic E-state index is -0.0825. The number of likely N-dealkylation sites (tertiary alicyclic amines) is 1. The molecule has 0 aliphatic carbocycles. The molecule has 1 fully saturated rings. The molecule has 1 aliphatic rings. The number of pyridine rings is 1. The fraction of sp³-hybridized carbons (Fsp3) is 0.407. The van der Waals surface area contributed by atoms with E-state index in [4.69, 9.17) is 10.8 Å². The SMILES string of the molecule is N#Cc1ccc(-n2cc(C(=O)CN3CCCCC3)c3ncc(CCC(=O)NCCCN=[N+]=[N-])cc32)cc1. The van der Waals surface area contributed by atoms with Crippen molar-refractivity contribution in [2.45, 2.75) is 38.5 Å². The molecule has 0 bridgehead atoms. The maximum absolute atomic E-state index is 13.3. The lowest BCUT2D eigenvalue weighted by Crippen LogP contribution is -2.34. The van der Waals surface area contributed by atoms with Gasteiger partial charge in [-0.15, -0.1) is 0 Å². The van der Waals surface area contributed by atoms with E-state index in [0.717, 1.165) is 42.7 Å². The summed E-state index contributed by atoms with van der Waals surface area (Å²) in [6, 6.07) is 11.3. The lowest BCUT2D eigenvalue weighted by atomic mass is 10.1. The van der Waals surface area contributed by atoms with E-state index in [0.29, 0.717) is 55.5 Å². The molecule has 0 atom stereocenters. The largest absolute Gasteiger partial charge is 0.356 e.